The first-order chi connectivity index (χ1) is 7.20. The minimum atomic E-state index is -3.40. The summed E-state index contributed by atoms with van der Waals surface area (Å²) in [4.78, 5) is 11.0. The number of carboxylic acids is 1. The smallest absolute Gasteiger partial charge is 0.309 e. The van der Waals surface area contributed by atoms with E-state index in [0.717, 1.165) is 4.31 Å². The average Bonchev–Trinajstić information content (AvgIpc) is 2.18. The summed E-state index contributed by atoms with van der Waals surface area (Å²) in [5.41, 5.74) is -0.793. The number of aliphatic carboxylic acids is 1. The highest BCUT2D eigenvalue weighted by Crippen LogP contribution is 2.32. The number of carboxylic acid groups (broad SMARTS) is 1. The highest BCUT2D eigenvalue weighted by atomic mass is 32.2. The van der Waals surface area contributed by atoms with Crippen molar-refractivity contribution in [3.63, 3.8) is 0 Å². The highest BCUT2D eigenvalue weighted by molar-refractivity contribution is 7.86. The molecule has 0 aliphatic carbocycles. The summed E-state index contributed by atoms with van der Waals surface area (Å²) in [7, 11) is -0.457. The summed E-state index contributed by atoms with van der Waals surface area (Å²) < 4.78 is 26.0. The van der Waals surface area contributed by atoms with E-state index < -0.39 is 21.6 Å². The Morgan fingerprint density at radius 2 is 1.75 bits per heavy atom. The predicted molar refractivity (Wildman–Crippen MR) is 59.2 cm³/mol. The van der Waals surface area contributed by atoms with Gasteiger partial charge in [-0.3, -0.25) is 4.79 Å². The molecule has 1 heterocycles. The summed E-state index contributed by atoms with van der Waals surface area (Å²) >= 11 is 0. The number of carbonyl (C=O) groups is 1. The molecule has 7 heteroatoms. The van der Waals surface area contributed by atoms with Gasteiger partial charge in [0.25, 0.3) is 10.2 Å². The zero-order valence-electron chi connectivity index (χ0n) is 9.80. The van der Waals surface area contributed by atoms with Crippen molar-refractivity contribution in [3.8, 4) is 0 Å². The van der Waals surface area contributed by atoms with Gasteiger partial charge in [-0.05, 0) is 19.8 Å². The first-order valence-electron chi connectivity index (χ1n) is 5.11. The lowest BCUT2D eigenvalue weighted by molar-refractivity contribution is -0.150. The summed E-state index contributed by atoms with van der Waals surface area (Å²) in [5, 5.41) is 9.02. The third-order valence-corrected chi connectivity index (χ3v) is 5.07. The number of hydrogen-bond acceptors (Lipinski definition) is 3. The Labute approximate surface area is 96.0 Å². The van der Waals surface area contributed by atoms with Gasteiger partial charge in [-0.1, -0.05) is 0 Å². The van der Waals surface area contributed by atoms with Crippen molar-refractivity contribution in [2.75, 3.05) is 27.2 Å². The van der Waals surface area contributed by atoms with E-state index in [0.29, 0.717) is 12.8 Å². The normalized spacial score (nSPS) is 22.2. The average molecular weight is 250 g/mol. The van der Waals surface area contributed by atoms with Crippen molar-refractivity contribution in [2.24, 2.45) is 5.41 Å². The SMILES string of the molecule is CN(C)S(=O)(=O)N1CCC(C)(C(=O)O)CC1. The monoisotopic (exact) mass is 250 g/mol. The number of hydrogen-bond donors (Lipinski definition) is 1. The maximum Gasteiger partial charge on any atom is 0.309 e. The molecule has 1 N–H and O–H groups in total. The third-order valence-electron chi connectivity index (χ3n) is 3.13. The van der Waals surface area contributed by atoms with E-state index in [2.05, 4.69) is 0 Å². The Balaban J connectivity index is 2.73. The van der Waals surface area contributed by atoms with Crippen LogP contribution in [0.5, 0.6) is 0 Å². The minimum absolute atomic E-state index is 0.267. The molecule has 0 aromatic heterocycles. The first kappa shape index (κ1) is 13.4. The molecule has 1 saturated heterocycles. The molecule has 0 atom stereocenters. The second kappa shape index (κ2) is 4.31. The Morgan fingerprint density at radius 1 is 1.31 bits per heavy atom. The molecule has 1 aliphatic rings. The topological polar surface area (TPSA) is 77.9 Å². The van der Waals surface area contributed by atoms with Crippen LogP contribution in [0.4, 0.5) is 0 Å². The Morgan fingerprint density at radius 3 is 2.06 bits per heavy atom. The lowest BCUT2D eigenvalue weighted by Gasteiger charge is -2.36. The van der Waals surface area contributed by atoms with Crippen LogP contribution in [0.2, 0.25) is 0 Å². The van der Waals surface area contributed by atoms with Gasteiger partial charge in [-0.25, -0.2) is 0 Å². The molecule has 0 aromatic carbocycles. The van der Waals surface area contributed by atoms with E-state index in [1.807, 2.05) is 0 Å². The fourth-order valence-electron chi connectivity index (χ4n) is 1.66. The standard InChI is InChI=1S/C9H18N2O4S/c1-9(8(12)13)4-6-11(7-5-9)16(14,15)10(2)3/h4-7H2,1-3H3,(H,12,13). The first-order valence-corrected chi connectivity index (χ1v) is 6.51. The van der Waals surface area contributed by atoms with E-state index >= 15 is 0 Å². The van der Waals surface area contributed by atoms with E-state index in [-0.39, 0.29) is 13.1 Å². The van der Waals surface area contributed by atoms with Crippen LogP contribution in [0.25, 0.3) is 0 Å². The lowest BCUT2D eigenvalue weighted by Crippen LogP contribution is -2.48. The molecular formula is C9H18N2O4S. The molecule has 16 heavy (non-hydrogen) atoms. The second-order valence-electron chi connectivity index (χ2n) is 4.56. The quantitative estimate of drug-likeness (QED) is 0.763. The molecule has 0 aromatic rings. The van der Waals surface area contributed by atoms with Gasteiger partial charge >= 0.3 is 5.97 Å². The van der Waals surface area contributed by atoms with E-state index in [4.69, 9.17) is 5.11 Å². The molecule has 0 spiro atoms. The van der Waals surface area contributed by atoms with Crippen molar-refractivity contribution in [2.45, 2.75) is 19.8 Å². The molecule has 6 nitrogen and oxygen atoms in total. The van der Waals surface area contributed by atoms with Crippen molar-refractivity contribution < 1.29 is 18.3 Å². The van der Waals surface area contributed by atoms with Gasteiger partial charge in [0.2, 0.25) is 0 Å². The van der Waals surface area contributed by atoms with Gasteiger partial charge in [0, 0.05) is 27.2 Å². The number of piperidine rings is 1. The molecule has 94 valence electrons. The van der Waals surface area contributed by atoms with Crippen LogP contribution in [-0.4, -0.2) is 55.3 Å². The van der Waals surface area contributed by atoms with Gasteiger partial charge < -0.3 is 5.11 Å². The molecule has 0 saturated carbocycles. The second-order valence-corrected chi connectivity index (χ2v) is 6.70. The van der Waals surface area contributed by atoms with Crippen LogP contribution in [-0.2, 0) is 15.0 Å². The van der Waals surface area contributed by atoms with Gasteiger partial charge in [0.05, 0.1) is 5.41 Å². The molecule has 0 radical (unpaired) electrons. The maximum atomic E-state index is 11.8. The summed E-state index contributed by atoms with van der Waals surface area (Å²) in [6.45, 7) is 2.20. The van der Waals surface area contributed by atoms with Gasteiger partial charge in [-0.2, -0.15) is 17.0 Å². The van der Waals surface area contributed by atoms with Crippen LogP contribution < -0.4 is 0 Å². The highest BCUT2D eigenvalue weighted by Gasteiger charge is 2.40. The summed E-state index contributed by atoms with van der Waals surface area (Å²) in [6.07, 6.45) is 0.713. The molecular weight excluding hydrogens is 232 g/mol. The molecule has 0 bridgehead atoms. The zero-order valence-corrected chi connectivity index (χ0v) is 10.6. The molecule has 0 amide bonds. The molecule has 1 aliphatic heterocycles. The van der Waals surface area contributed by atoms with Gasteiger partial charge in [0.1, 0.15) is 0 Å². The van der Waals surface area contributed by atoms with E-state index in [9.17, 15) is 13.2 Å². The molecule has 1 fully saturated rings. The van der Waals surface area contributed by atoms with Crippen LogP contribution >= 0.6 is 0 Å². The van der Waals surface area contributed by atoms with E-state index in [1.54, 1.807) is 6.92 Å². The summed E-state index contributed by atoms with van der Waals surface area (Å²) in [6, 6.07) is 0. The van der Waals surface area contributed by atoms with Crippen LogP contribution in [0, 0.1) is 5.41 Å². The van der Waals surface area contributed by atoms with Crippen molar-refractivity contribution in [1.29, 1.82) is 0 Å². The molecule has 0 unspecified atom stereocenters. The van der Waals surface area contributed by atoms with Crippen LogP contribution in [0.3, 0.4) is 0 Å². The number of rotatable bonds is 3. The Kier molecular flexibility index (Phi) is 3.61. The molecule has 1 rings (SSSR count). The van der Waals surface area contributed by atoms with Gasteiger partial charge in [-0.15, -0.1) is 0 Å². The zero-order chi connectivity index (χ0) is 12.6. The van der Waals surface area contributed by atoms with Crippen molar-refractivity contribution >= 4 is 16.2 Å². The van der Waals surface area contributed by atoms with Crippen molar-refractivity contribution in [1.82, 2.24) is 8.61 Å². The fourth-order valence-corrected chi connectivity index (χ4v) is 2.76. The van der Waals surface area contributed by atoms with Crippen molar-refractivity contribution in [3.05, 3.63) is 0 Å². The number of nitrogens with zero attached hydrogens (tertiary/aromatic N) is 2. The van der Waals surface area contributed by atoms with Crippen LogP contribution in [0.15, 0.2) is 0 Å². The Bertz CT molecular complexity index is 369. The van der Waals surface area contributed by atoms with Crippen LogP contribution in [0.1, 0.15) is 19.8 Å². The fraction of sp³-hybridized carbons (Fsp3) is 0.889. The predicted octanol–water partition coefficient (Wildman–Crippen LogP) is -0.0205. The lowest BCUT2D eigenvalue weighted by atomic mass is 9.81. The maximum absolute atomic E-state index is 11.8. The third kappa shape index (κ3) is 2.36. The van der Waals surface area contributed by atoms with Gasteiger partial charge in [0.15, 0.2) is 0 Å². The minimum Gasteiger partial charge on any atom is -0.481 e. The largest absolute Gasteiger partial charge is 0.481 e. The Hall–Kier alpha value is -0.660. The summed E-state index contributed by atoms with van der Waals surface area (Å²) in [5.74, 6) is -0.852. The van der Waals surface area contributed by atoms with E-state index in [1.165, 1.54) is 18.4 Å².